The topological polar surface area (TPSA) is 58.1 Å². The molecule has 1 aliphatic rings. The van der Waals surface area contributed by atoms with Crippen molar-refractivity contribution >= 4 is 11.6 Å². The van der Waals surface area contributed by atoms with Gasteiger partial charge >= 0.3 is 0 Å². The highest BCUT2D eigenvalue weighted by Crippen LogP contribution is 2.22. The molecule has 1 heterocycles. The number of nitrogens with one attached hydrogen (secondary N) is 2. The second kappa shape index (κ2) is 11.4. The monoisotopic (exact) mass is 414 g/mol. The largest absolute Gasteiger partial charge is 0.497 e. The zero-order valence-corrected chi connectivity index (χ0v) is 17.8. The number of hydrogen-bond acceptors (Lipinski definition) is 4. The summed E-state index contributed by atoms with van der Waals surface area (Å²) in [4.78, 5) is 6.62. The Morgan fingerprint density at radius 3 is 2.50 bits per heavy atom. The van der Waals surface area contributed by atoms with Crippen LogP contribution in [-0.4, -0.2) is 52.5 Å². The molecule has 2 aromatic carbocycles. The van der Waals surface area contributed by atoms with Gasteiger partial charge in [-0.15, -0.1) is 0 Å². The maximum absolute atomic E-state index is 14.6. The van der Waals surface area contributed by atoms with Gasteiger partial charge in [-0.3, -0.25) is 0 Å². The third-order valence-electron chi connectivity index (χ3n) is 4.99. The predicted molar refractivity (Wildman–Crippen MR) is 119 cm³/mol. The van der Waals surface area contributed by atoms with Gasteiger partial charge in [0, 0.05) is 26.2 Å². The van der Waals surface area contributed by atoms with Crippen molar-refractivity contribution in [1.29, 1.82) is 0 Å². The Morgan fingerprint density at radius 2 is 1.83 bits per heavy atom. The summed E-state index contributed by atoms with van der Waals surface area (Å²) in [6.45, 7) is 6.67. The summed E-state index contributed by atoms with van der Waals surface area (Å²) >= 11 is 0. The average Bonchev–Trinajstić information content (AvgIpc) is 2.78. The number of aliphatic imine (C=N–C) groups is 1. The molecule has 2 aromatic rings. The molecule has 2 N–H and O–H groups in total. The molecule has 0 saturated carbocycles. The fraction of sp³-hybridized carbons (Fsp3) is 0.435. The molecule has 7 heteroatoms. The van der Waals surface area contributed by atoms with E-state index < -0.39 is 0 Å². The Balaban J connectivity index is 1.54. The molecule has 162 valence electrons. The van der Waals surface area contributed by atoms with Crippen LogP contribution in [0.4, 0.5) is 10.1 Å². The quantitative estimate of drug-likeness (QED) is 0.514. The van der Waals surface area contributed by atoms with E-state index in [2.05, 4.69) is 27.8 Å². The number of ether oxygens (including phenoxy) is 2. The van der Waals surface area contributed by atoms with E-state index >= 15 is 0 Å². The molecule has 0 spiro atoms. The lowest BCUT2D eigenvalue weighted by Crippen LogP contribution is -2.38. The van der Waals surface area contributed by atoms with E-state index in [0.717, 1.165) is 49.9 Å². The third-order valence-corrected chi connectivity index (χ3v) is 4.99. The van der Waals surface area contributed by atoms with Crippen LogP contribution in [0.3, 0.4) is 0 Å². The Hall–Kier alpha value is -2.80. The Morgan fingerprint density at radius 1 is 1.10 bits per heavy atom. The van der Waals surface area contributed by atoms with Crippen LogP contribution in [0, 0.1) is 5.82 Å². The fourth-order valence-corrected chi connectivity index (χ4v) is 3.34. The summed E-state index contributed by atoms with van der Waals surface area (Å²) in [7, 11) is 1.66. The molecule has 0 bridgehead atoms. The van der Waals surface area contributed by atoms with E-state index in [1.54, 1.807) is 13.2 Å². The molecule has 0 aliphatic carbocycles. The number of benzene rings is 2. The molecule has 0 unspecified atom stereocenters. The smallest absolute Gasteiger partial charge is 0.191 e. The van der Waals surface area contributed by atoms with Crippen molar-refractivity contribution in [3.8, 4) is 5.75 Å². The fourth-order valence-electron chi connectivity index (χ4n) is 3.34. The first-order chi connectivity index (χ1) is 14.7. The summed E-state index contributed by atoms with van der Waals surface area (Å²) in [5.74, 6) is 1.37. The lowest BCUT2D eigenvalue weighted by Gasteiger charge is -2.29. The zero-order chi connectivity index (χ0) is 21.2. The number of nitrogens with zero attached hydrogens (tertiary/aromatic N) is 2. The maximum Gasteiger partial charge on any atom is 0.191 e. The molecule has 30 heavy (non-hydrogen) atoms. The van der Waals surface area contributed by atoms with Gasteiger partial charge in [0.05, 0.1) is 32.6 Å². The molecule has 1 fully saturated rings. The van der Waals surface area contributed by atoms with Crippen LogP contribution in [0.2, 0.25) is 0 Å². The van der Waals surface area contributed by atoms with Gasteiger partial charge < -0.3 is 25.0 Å². The molecule has 1 saturated heterocycles. The van der Waals surface area contributed by atoms with Crippen molar-refractivity contribution in [2.24, 2.45) is 4.99 Å². The number of anilines is 1. The first-order valence-corrected chi connectivity index (χ1v) is 10.5. The van der Waals surface area contributed by atoms with Gasteiger partial charge in [0.2, 0.25) is 0 Å². The van der Waals surface area contributed by atoms with Crippen LogP contribution >= 0.6 is 0 Å². The minimum atomic E-state index is -0.206. The molecule has 1 aliphatic heterocycles. The van der Waals surface area contributed by atoms with Crippen LogP contribution in [-0.2, 0) is 17.7 Å². The Labute approximate surface area is 178 Å². The minimum absolute atomic E-state index is 0.206. The van der Waals surface area contributed by atoms with Crippen LogP contribution in [0.5, 0.6) is 5.75 Å². The van der Waals surface area contributed by atoms with E-state index in [4.69, 9.17) is 9.47 Å². The van der Waals surface area contributed by atoms with Crippen LogP contribution in [0.1, 0.15) is 18.1 Å². The number of halogens is 1. The number of rotatable bonds is 8. The molecule has 0 amide bonds. The molecule has 0 atom stereocenters. The van der Waals surface area contributed by atoms with Crippen molar-refractivity contribution < 1.29 is 13.9 Å². The van der Waals surface area contributed by atoms with Crippen LogP contribution in [0.15, 0.2) is 47.5 Å². The average molecular weight is 415 g/mol. The van der Waals surface area contributed by atoms with Crippen molar-refractivity contribution in [2.75, 3.05) is 51.4 Å². The van der Waals surface area contributed by atoms with Gasteiger partial charge in [-0.25, -0.2) is 9.38 Å². The lowest BCUT2D eigenvalue weighted by atomic mass is 10.1. The van der Waals surface area contributed by atoms with Gasteiger partial charge in [-0.1, -0.05) is 18.2 Å². The van der Waals surface area contributed by atoms with Crippen LogP contribution < -0.4 is 20.3 Å². The van der Waals surface area contributed by atoms with Gasteiger partial charge in [0.15, 0.2) is 5.96 Å². The van der Waals surface area contributed by atoms with Crippen LogP contribution in [0.25, 0.3) is 0 Å². The highest BCUT2D eigenvalue weighted by atomic mass is 19.1. The van der Waals surface area contributed by atoms with Crippen molar-refractivity contribution in [3.63, 3.8) is 0 Å². The lowest BCUT2D eigenvalue weighted by molar-refractivity contribution is 0.122. The molecular weight excluding hydrogens is 383 g/mol. The Kier molecular flexibility index (Phi) is 8.32. The molecular formula is C23H31FN4O2. The number of guanidine groups is 1. The standard InChI is InChI=1S/C23H31FN4O2/c1-3-25-23(26-11-10-18-4-7-20(29-2)8-5-18)27-17-19-6-9-22(21(24)16-19)28-12-14-30-15-13-28/h4-9,16H,3,10-15,17H2,1-2H3,(H2,25,26,27). The van der Waals surface area contributed by atoms with Gasteiger partial charge in [0.25, 0.3) is 0 Å². The first kappa shape index (κ1) is 21.9. The van der Waals surface area contributed by atoms with E-state index in [-0.39, 0.29) is 5.82 Å². The van der Waals surface area contributed by atoms with Crippen molar-refractivity contribution in [1.82, 2.24) is 10.6 Å². The SMILES string of the molecule is CCNC(=NCc1ccc(N2CCOCC2)c(F)c1)NCCc1ccc(OC)cc1. The molecule has 3 rings (SSSR count). The number of hydrogen-bond donors (Lipinski definition) is 2. The maximum atomic E-state index is 14.6. The van der Waals surface area contributed by atoms with E-state index in [1.165, 1.54) is 5.56 Å². The summed E-state index contributed by atoms with van der Waals surface area (Å²) in [5.41, 5.74) is 2.70. The Bertz CT molecular complexity index is 820. The summed E-state index contributed by atoms with van der Waals surface area (Å²) in [5, 5.41) is 6.58. The summed E-state index contributed by atoms with van der Waals surface area (Å²) < 4.78 is 25.1. The summed E-state index contributed by atoms with van der Waals surface area (Å²) in [6.07, 6.45) is 0.872. The first-order valence-electron chi connectivity index (χ1n) is 10.5. The predicted octanol–water partition coefficient (Wildman–Crippen LogP) is 2.97. The molecule has 0 aromatic heterocycles. The molecule has 0 radical (unpaired) electrons. The zero-order valence-electron chi connectivity index (χ0n) is 17.8. The second-order valence-electron chi connectivity index (χ2n) is 7.11. The van der Waals surface area contributed by atoms with Gasteiger partial charge in [-0.2, -0.15) is 0 Å². The van der Waals surface area contributed by atoms with Gasteiger partial charge in [0.1, 0.15) is 11.6 Å². The minimum Gasteiger partial charge on any atom is -0.497 e. The van der Waals surface area contributed by atoms with Gasteiger partial charge in [-0.05, 0) is 48.7 Å². The highest BCUT2D eigenvalue weighted by molar-refractivity contribution is 5.79. The second-order valence-corrected chi connectivity index (χ2v) is 7.11. The molecule has 6 nitrogen and oxygen atoms in total. The number of methoxy groups -OCH3 is 1. The third kappa shape index (κ3) is 6.35. The van der Waals surface area contributed by atoms with E-state index in [1.807, 2.05) is 36.1 Å². The normalized spacial score (nSPS) is 14.5. The van der Waals surface area contributed by atoms with E-state index in [9.17, 15) is 4.39 Å². The van der Waals surface area contributed by atoms with E-state index in [0.29, 0.717) is 25.4 Å². The number of morpholine rings is 1. The summed E-state index contributed by atoms with van der Waals surface area (Å²) in [6, 6.07) is 13.4. The highest BCUT2D eigenvalue weighted by Gasteiger charge is 2.15. The van der Waals surface area contributed by atoms with Crippen molar-refractivity contribution in [3.05, 3.63) is 59.4 Å². The van der Waals surface area contributed by atoms with Crippen molar-refractivity contribution in [2.45, 2.75) is 19.9 Å².